The Bertz CT molecular complexity index is 1180. The van der Waals surface area contributed by atoms with Crippen LogP contribution in [0.4, 0.5) is 0 Å². The summed E-state index contributed by atoms with van der Waals surface area (Å²) in [6.07, 6.45) is 8.82. The quantitative estimate of drug-likeness (QED) is 0.389. The van der Waals surface area contributed by atoms with E-state index in [1.165, 1.54) is 0 Å². The maximum atomic E-state index is 6.05. The second-order valence-corrected chi connectivity index (χ2v) is 8.25. The van der Waals surface area contributed by atoms with Gasteiger partial charge in [0.15, 0.2) is 6.23 Å². The molecule has 0 amide bonds. The molecule has 1 fully saturated rings. The summed E-state index contributed by atoms with van der Waals surface area (Å²) in [5.74, 6) is 0. The van der Waals surface area contributed by atoms with Gasteiger partial charge in [-0.2, -0.15) is 5.10 Å². The Hall–Kier alpha value is -2.57. The summed E-state index contributed by atoms with van der Waals surface area (Å²) in [4.78, 5) is 9.12. The molecule has 0 aliphatic carbocycles. The van der Waals surface area contributed by atoms with Crippen molar-refractivity contribution in [3.63, 3.8) is 0 Å². The number of rotatable bonds is 3. The Labute approximate surface area is 177 Å². The maximum Gasteiger partial charge on any atom is 0.150 e. The number of fused-ring (bicyclic) bond motifs is 1. The van der Waals surface area contributed by atoms with Crippen LogP contribution in [-0.2, 0) is 4.74 Å². The molecule has 0 spiro atoms. The first kappa shape index (κ1) is 18.5. The zero-order valence-corrected chi connectivity index (χ0v) is 17.8. The van der Waals surface area contributed by atoms with Crippen LogP contribution in [0.25, 0.3) is 33.3 Å². The number of hydrogen-bond donors (Lipinski definition) is 0. The van der Waals surface area contributed by atoms with Gasteiger partial charge in [-0.05, 0) is 71.3 Å². The maximum absolute atomic E-state index is 6.05. The van der Waals surface area contributed by atoms with Gasteiger partial charge in [0, 0.05) is 40.1 Å². The fourth-order valence-corrected chi connectivity index (χ4v) is 4.43. The standard InChI is InChI=1S/C23H21BrN4O/c1-15-5-4-6-21(27-15)23-19(13-26-28(23)22-7-2-3-10-29-22)16-8-9-18-17(11-16)12-25-14-20(18)24/h4-6,8-9,11-14,22H,2-3,7,10H2,1H3. The van der Waals surface area contributed by atoms with Crippen molar-refractivity contribution in [1.29, 1.82) is 0 Å². The third kappa shape index (κ3) is 3.47. The molecule has 29 heavy (non-hydrogen) atoms. The fraction of sp³-hybridized carbons (Fsp3) is 0.261. The molecule has 146 valence electrons. The van der Waals surface area contributed by atoms with E-state index in [9.17, 15) is 0 Å². The molecule has 1 aliphatic heterocycles. The van der Waals surface area contributed by atoms with Crippen molar-refractivity contribution in [3.8, 4) is 22.5 Å². The lowest BCUT2D eigenvalue weighted by atomic mass is 10.0. The summed E-state index contributed by atoms with van der Waals surface area (Å²) in [5, 5.41) is 6.97. The molecule has 4 aromatic rings. The van der Waals surface area contributed by atoms with Crippen molar-refractivity contribution in [3.05, 3.63) is 65.2 Å². The van der Waals surface area contributed by atoms with Gasteiger partial charge in [0.2, 0.25) is 0 Å². The molecule has 5 nitrogen and oxygen atoms in total. The molecule has 5 rings (SSSR count). The number of hydrogen-bond acceptors (Lipinski definition) is 4. The highest BCUT2D eigenvalue weighted by Crippen LogP contribution is 2.37. The van der Waals surface area contributed by atoms with Gasteiger partial charge in [-0.25, -0.2) is 4.68 Å². The van der Waals surface area contributed by atoms with Gasteiger partial charge in [-0.3, -0.25) is 9.97 Å². The Kier molecular flexibility index (Phi) is 4.89. The Morgan fingerprint density at radius 3 is 2.86 bits per heavy atom. The summed E-state index contributed by atoms with van der Waals surface area (Å²) in [6, 6.07) is 12.5. The van der Waals surface area contributed by atoms with Crippen LogP contribution in [0.1, 0.15) is 31.2 Å². The minimum absolute atomic E-state index is 0.0499. The van der Waals surface area contributed by atoms with Crippen LogP contribution >= 0.6 is 15.9 Å². The van der Waals surface area contributed by atoms with Crippen LogP contribution in [0.15, 0.2) is 59.5 Å². The van der Waals surface area contributed by atoms with Crippen molar-refractivity contribution in [2.45, 2.75) is 32.4 Å². The number of nitrogens with zero attached hydrogens (tertiary/aromatic N) is 4. The van der Waals surface area contributed by atoms with E-state index >= 15 is 0 Å². The Balaban J connectivity index is 1.69. The van der Waals surface area contributed by atoms with E-state index in [-0.39, 0.29) is 6.23 Å². The first-order chi connectivity index (χ1) is 14.2. The van der Waals surface area contributed by atoms with Crippen LogP contribution in [0.3, 0.4) is 0 Å². The number of aryl methyl sites for hydroxylation is 1. The lowest BCUT2D eigenvalue weighted by Gasteiger charge is -2.24. The summed E-state index contributed by atoms with van der Waals surface area (Å²) in [5.41, 5.74) is 5.05. The van der Waals surface area contributed by atoms with Crippen molar-refractivity contribution < 1.29 is 4.74 Å². The number of benzene rings is 1. The average molecular weight is 449 g/mol. The number of aromatic nitrogens is 4. The second kappa shape index (κ2) is 7.69. The predicted molar refractivity (Wildman–Crippen MR) is 117 cm³/mol. The van der Waals surface area contributed by atoms with Gasteiger partial charge in [0.1, 0.15) is 0 Å². The third-order valence-corrected chi connectivity index (χ3v) is 6.01. The van der Waals surface area contributed by atoms with Crippen LogP contribution in [0.5, 0.6) is 0 Å². The van der Waals surface area contributed by atoms with Gasteiger partial charge in [-0.1, -0.05) is 18.2 Å². The highest BCUT2D eigenvalue weighted by molar-refractivity contribution is 9.10. The largest absolute Gasteiger partial charge is 0.356 e. The Morgan fingerprint density at radius 2 is 2.03 bits per heavy atom. The van der Waals surface area contributed by atoms with Crippen LogP contribution in [0.2, 0.25) is 0 Å². The number of ether oxygens (including phenoxy) is 1. The molecule has 0 saturated carbocycles. The van der Waals surface area contributed by atoms with Crippen molar-refractivity contribution in [2.24, 2.45) is 0 Å². The van der Waals surface area contributed by atoms with Gasteiger partial charge < -0.3 is 4.74 Å². The zero-order valence-electron chi connectivity index (χ0n) is 16.2. The van der Waals surface area contributed by atoms with E-state index in [0.717, 1.165) is 69.3 Å². The molecule has 0 bridgehead atoms. The zero-order chi connectivity index (χ0) is 19.8. The first-order valence-corrected chi connectivity index (χ1v) is 10.7. The first-order valence-electron chi connectivity index (χ1n) is 9.87. The molecule has 1 aromatic carbocycles. The summed E-state index contributed by atoms with van der Waals surface area (Å²) in [6.45, 7) is 2.79. The normalized spacial score (nSPS) is 17.0. The summed E-state index contributed by atoms with van der Waals surface area (Å²) in [7, 11) is 0. The van der Waals surface area contributed by atoms with E-state index in [2.05, 4.69) is 39.1 Å². The molecule has 1 atom stereocenters. The highest BCUT2D eigenvalue weighted by Gasteiger charge is 2.24. The number of pyridine rings is 2. The monoisotopic (exact) mass is 448 g/mol. The molecule has 1 unspecified atom stereocenters. The van der Waals surface area contributed by atoms with Crippen LogP contribution in [0, 0.1) is 6.92 Å². The third-order valence-electron chi connectivity index (χ3n) is 5.38. The van der Waals surface area contributed by atoms with Gasteiger partial charge in [0.25, 0.3) is 0 Å². The molecule has 0 N–H and O–H groups in total. The molecule has 1 aliphatic rings. The van der Waals surface area contributed by atoms with E-state index < -0.39 is 0 Å². The van der Waals surface area contributed by atoms with Gasteiger partial charge in [0.05, 0.1) is 17.6 Å². The predicted octanol–water partition coefficient (Wildman–Crippen LogP) is 5.93. The van der Waals surface area contributed by atoms with Gasteiger partial charge in [-0.15, -0.1) is 0 Å². The Morgan fingerprint density at radius 1 is 1.10 bits per heavy atom. The van der Waals surface area contributed by atoms with Gasteiger partial charge >= 0.3 is 0 Å². The molecule has 1 saturated heterocycles. The fourth-order valence-electron chi connectivity index (χ4n) is 3.95. The molecular formula is C23H21BrN4O. The summed E-state index contributed by atoms with van der Waals surface area (Å²) >= 11 is 3.59. The topological polar surface area (TPSA) is 52.8 Å². The van der Waals surface area contributed by atoms with Crippen molar-refractivity contribution in [1.82, 2.24) is 19.7 Å². The molecule has 6 heteroatoms. The summed E-state index contributed by atoms with van der Waals surface area (Å²) < 4.78 is 9.06. The highest BCUT2D eigenvalue weighted by atomic mass is 79.9. The van der Waals surface area contributed by atoms with E-state index in [1.807, 2.05) is 48.4 Å². The van der Waals surface area contributed by atoms with E-state index in [4.69, 9.17) is 14.8 Å². The van der Waals surface area contributed by atoms with E-state index in [0.29, 0.717) is 0 Å². The molecular weight excluding hydrogens is 428 g/mol. The average Bonchev–Trinajstić information content (AvgIpc) is 3.19. The minimum Gasteiger partial charge on any atom is -0.356 e. The minimum atomic E-state index is -0.0499. The molecule has 0 radical (unpaired) electrons. The van der Waals surface area contributed by atoms with Crippen molar-refractivity contribution >= 4 is 26.7 Å². The van der Waals surface area contributed by atoms with Crippen molar-refractivity contribution in [2.75, 3.05) is 6.61 Å². The molecule has 4 heterocycles. The number of halogens is 1. The smallest absolute Gasteiger partial charge is 0.150 e. The van der Waals surface area contributed by atoms with E-state index in [1.54, 1.807) is 0 Å². The lowest BCUT2D eigenvalue weighted by molar-refractivity contribution is -0.0383. The molecule has 3 aromatic heterocycles. The lowest BCUT2D eigenvalue weighted by Crippen LogP contribution is -2.20. The van der Waals surface area contributed by atoms with Crippen LogP contribution < -0.4 is 0 Å². The van der Waals surface area contributed by atoms with Crippen LogP contribution in [-0.4, -0.2) is 26.4 Å². The second-order valence-electron chi connectivity index (χ2n) is 7.39. The SMILES string of the molecule is Cc1cccc(-c2c(-c3ccc4c(Br)cncc4c3)cnn2C2CCCCO2)n1.